The van der Waals surface area contributed by atoms with Gasteiger partial charge in [-0.3, -0.25) is 0 Å². The largest absolute Gasteiger partial charge is 0.324 e. The molecule has 104 valence electrons. The molecule has 0 saturated heterocycles. The molecule has 0 bridgehead atoms. The highest BCUT2D eigenvalue weighted by atomic mass is 32.2. The second-order valence-electron chi connectivity index (χ2n) is 4.35. The molecule has 1 aromatic carbocycles. The quantitative estimate of drug-likeness (QED) is 0.825. The minimum atomic E-state index is 0.407. The van der Waals surface area contributed by atoms with Gasteiger partial charge in [0.2, 0.25) is 0 Å². The van der Waals surface area contributed by atoms with Crippen molar-refractivity contribution in [2.75, 3.05) is 0 Å². The van der Waals surface area contributed by atoms with Crippen LogP contribution in [0.1, 0.15) is 30.3 Å². The van der Waals surface area contributed by atoms with E-state index in [1.165, 1.54) is 0 Å². The van der Waals surface area contributed by atoms with Crippen molar-refractivity contribution in [2.45, 2.75) is 37.3 Å². The van der Waals surface area contributed by atoms with Crippen LogP contribution in [0.2, 0.25) is 0 Å². The molecule has 0 radical (unpaired) electrons. The van der Waals surface area contributed by atoms with Crippen molar-refractivity contribution < 1.29 is 0 Å². The molecule has 2 aromatic rings. The van der Waals surface area contributed by atoms with E-state index in [2.05, 4.69) is 27.8 Å². The van der Waals surface area contributed by atoms with Crippen LogP contribution in [0, 0.1) is 11.3 Å². The number of thioether (sulfide) groups is 1. The van der Waals surface area contributed by atoms with E-state index in [4.69, 9.17) is 11.0 Å². The molecule has 2 rings (SSSR count). The third-order valence-corrected chi connectivity index (χ3v) is 3.91. The second-order valence-corrected chi connectivity index (χ2v) is 5.29. The van der Waals surface area contributed by atoms with E-state index in [1.54, 1.807) is 11.8 Å². The van der Waals surface area contributed by atoms with Crippen molar-refractivity contribution in [1.82, 2.24) is 14.8 Å². The lowest BCUT2D eigenvalue weighted by atomic mass is 10.2. The molecule has 0 aliphatic heterocycles. The van der Waals surface area contributed by atoms with Gasteiger partial charge in [0.25, 0.3) is 0 Å². The molecule has 5 nitrogen and oxygen atoms in total. The van der Waals surface area contributed by atoms with Crippen LogP contribution >= 0.6 is 11.8 Å². The van der Waals surface area contributed by atoms with E-state index in [-0.39, 0.29) is 0 Å². The number of hydrogen-bond donors (Lipinski definition) is 1. The number of hydrogen-bond acceptors (Lipinski definition) is 5. The minimum absolute atomic E-state index is 0.407. The zero-order valence-electron chi connectivity index (χ0n) is 11.4. The van der Waals surface area contributed by atoms with Gasteiger partial charge in [-0.1, -0.05) is 30.8 Å². The van der Waals surface area contributed by atoms with E-state index in [9.17, 15) is 0 Å². The van der Waals surface area contributed by atoms with Crippen molar-refractivity contribution >= 4 is 11.8 Å². The summed E-state index contributed by atoms with van der Waals surface area (Å²) in [4.78, 5) is 0. The zero-order valence-corrected chi connectivity index (χ0v) is 12.2. The fourth-order valence-corrected chi connectivity index (χ4v) is 2.79. The maximum Gasteiger partial charge on any atom is 0.191 e. The molecule has 0 saturated carbocycles. The molecule has 0 fully saturated rings. The van der Waals surface area contributed by atoms with Crippen LogP contribution < -0.4 is 5.73 Å². The normalized spacial score (nSPS) is 10.4. The zero-order chi connectivity index (χ0) is 14.4. The standard InChI is InChI=1S/C14H17N5S/c1-2-7-19-13(9-16)17-18-14(19)20-10-12-5-3-11(8-15)4-6-12/h3-6H,2,7,9-10,16H2,1H3. The van der Waals surface area contributed by atoms with Crippen LogP contribution in [0.25, 0.3) is 0 Å². The van der Waals surface area contributed by atoms with Crippen molar-refractivity contribution in [3.63, 3.8) is 0 Å². The monoisotopic (exact) mass is 287 g/mol. The summed E-state index contributed by atoms with van der Waals surface area (Å²) in [6, 6.07) is 9.72. The Morgan fingerprint density at radius 1 is 1.30 bits per heavy atom. The lowest BCUT2D eigenvalue weighted by Gasteiger charge is -2.07. The van der Waals surface area contributed by atoms with Gasteiger partial charge in [0.1, 0.15) is 5.82 Å². The molecule has 0 amide bonds. The molecule has 0 atom stereocenters. The van der Waals surface area contributed by atoms with Crippen molar-refractivity contribution in [3.05, 3.63) is 41.2 Å². The number of benzene rings is 1. The fraction of sp³-hybridized carbons (Fsp3) is 0.357. The van der Waals surface area contributed by atoms with Crippen molar-refractivity contribution in [3.8, 4) is 6.07 Å². The van der Waals surface area contributed by atoms with E-state index in [1.807, 2.05) is 24.3 Å². The highest BCUT2D eigenvalue weighted by Crippen LogP contribution is 2.22. The highest BCUT2D eigenvalue weighted by Gasteiger charge is 2.10. The van der Waals surface area contributed by atoms with E-state index in [0.717, 1.165) is 35.3 Å². The Hall–Kier alpha value is -1.84. The van der Waals surface area contributed by atoms with Gasteiger partial charge in [0, 0.05) is 12.3 Å². The molecule has 1 aromatic heterocycles. The smallest absolute Gasteiger partial charge is 0.191 e. The topological polar surface area (TPSA) is 80.5 Å². The van der Waals surface area contributed by atoms with Crippen LogP contribution in [-0.4, -0.2) is 14.8 Å². The summed E-state index contributed by atoms with van der Waals surface area (Å²) in [7, 11) is 0. The molecular weight excluding hydrogens is 270 g/mol. The summed E-state index contributed by atoms with van der Waals surface area (Å²) >= 11 is 1.64. The number of nitrogens with zero attached hydrogens (tertiary/aromatic N) is 4. The number of nitrogens with two attached hydrogens (primary N) is 1. The lowest BCUT2D eigenvalue weighted by molar-refractivity contribution is 0.592. The van der Waals surface area contributed by atoms with Gasteiger partial charge in [0.15, 0.2) is 5.16 Å². The Bertz CT molecular complexity index is 597. The summed E-state index contributed by atoms with van der Waals surface area (Å²) in [5, 5.41) is 18.0. The lowest BCUT2D eigenvalue weighted by Crippen LogP contribution is -2.09. The van der Waals surface area contributed by atoms with Gasteiger partial charge in [-0.2, -0.15) is 5.26 Å². The Morgan fingerprint density at radius 2 is 2.05 bits per heavy atom. The van der Waals surface area contributed by atoms with Gasteiger partial charge in [-0.25, -0.2) is 0 Å². The van der Waals surface area contributed by atoms with Gasteiger partial charge in [-0.05, 0) is 24.1 Å². The average molecular weight is 287 g/mol. The van der Waals surface area contributed by atoms with Crippen molar-refractivity contribution in [2.24, 2.45) is 5.73 Å². The van der Waals surface area contributed by atoms with Crippen LogP contribution in [0.15, 0.2) is 29.4 Å². The third-order valence-electron chi connectivity index (χ3n) is 2.87. The minimum Gasteiger partial charge on any atom is -0.324 e. The van der Waals surface area contributed by atoms with Gasteiger partial charge in [0.05, 0.1) is 18.2 Å². The first-order valence-electron chi connectivity index (χ1n) is 6.52. The Morgan fingerprint density at radius 3 is 2.65 bits per heavy atom. The SMILES string of the molecule is CCCn1c(CN)nnc1SCc1ccc(C#N)cc1. The van der Waals surface area contributed by atoms with Gasteiger partial charge in [-0.15, -0.1) is 10.2 Å². The molecule has 6 heteroatoms. The predicted molar refractivity (Wildman–Crippen MR) is 78.9 cm³/mol. The number of nitriles is 1. The summed E-state index contributed by atoms with van der Waals surface area (Å²) in [6.45, 7) is 3.41. The molecule has 20 heavy (non-hydrogen) atoms. The highest BCUT2D eigenvalue weighted by molar-refractivity contribution is 7.98. The first-order chi connectivity index (χ1) is 9.78. The van der Waals surface area contributed by atoms with Crippen LogP contribution in [0.4, 0.5) is 0 Å². The first-order valence-corrected chi connectivity index (χ1v) is 7.51. The molecule has 0 aliphatic carbocycles. The molecule has 0 aliphatic rings. The van der Waals surface area contributed by atoms with Crippen molar-refractivity contribution in [1.29, 1.82) is 5.26 Å². The van der Waals surface area contributed by atoms with E-state index < -0.39 is 0 Å². The Balaban J connectivity index is 2.06. The van der Waals surface area contributed by atoms with Gasteiger partial charge < -0.3 is 10.3 Å². The number of aromatic nitrogens is 3. The average Bonchev–Trinajstić information content (AvgIpc) is 2.88. The maximum absolute atomic E-state index is 8.77. The first kappa shape index (κ1) is 14.6. The summed E-state index contributed by atoms with van der Waals surface area (Å²) in [6.07, 6.45) is 1.02. The third kappa shape index (κ3) is 3.38. The molecule has 0 unspecified atom stereocenters. The fourth-order valence-electron chi connectivity index (χ4n) is 1.85. The Labute approximate surface area is 122 Å². The summed E-state index contributed by atoms with van der Waals surface area (Å²) < 4.78 is 2.08. The summed E-state index contributed by atoms with van der Waals surface area (Å²) in [5.74, 6) is 1.63. The summed E-state index contributed by atoms with van der Waals surface area (Å²) in [5.41, 5.74) is 7.51. The Kier molecular flexibility index (Phi) is 5.16. The predicted octanol–water partition coefficient (Wildman–Crippen LogP) is 2.31. The van der Waals surface area contributed by atoms with Gasteiger partial charge >= 0.3 is 0 Å². The molecule has 1 heterocycles. The maximum atomic E-state index is 8.77. The molecule has 0 spiro atoms. The van der Waals surface area contributed by atoms with E-state index >= 15 is 0 Å². The van der Waals surface area contributed by atoms with Crippen LogP contribution in [0.3, 0.4) is 0 Å². The van der Waals surface area contributed by atoms with Crippen LogP contribution in [0.5, 0.6) is 0 Å². The molecule has 2 N–H and O–H groups in total. The van der Waals surface area contributed by atoms with Crippen LogP contribution in [-0.2, 0) is 18.8 Å². The van der Waals surface area contributed by atoms with E-state index in [0.29, 0.717) is 12.1 Å². The molecular formula is C14H17N5S. The number of rotatable bonds is 6. The second kappa shape index (κ2) is 7.08.